The van der Waals surface area contributed by atoms with E-state index < -0.39 is 0 Å². The minimum atomic E-state index is -0.222. The number of carbonyl (C=O) groups excluding carboxylic acids is 1. The predicted octanol–water partition coefficient (Wildman–Crippen LogP) is 2.89. The Labute approximate surface area is 123 Å². The molecule has 0 bridgehead atoms. The van der Waals surface area contributed by atoms with Crippen LogP contribution >= 0.6 is 15.9 Å². The predicted molar refractivity (Wildman–Crippen MR) is 78.5 cm³/mol. The van der Waals surface area contributed by atoms with Gasteiger partial charge in [0.1, 0.15) is 6.26 Å². The van der Waals surface area contributed by atoms with Crippen LogP contribution in [-0.4, -0.2) is 22.6 Å². The van der Waals surface area contributed by atoms with Crippen molar-refractivity contribution in [3.05, 3.63) is 52.5 Å². The Hall–Kier alpha value is -2.08. The van der Waals surface area contributed by atoms with E-state index in [4.69, 9.17) is 0 Å². The van der Waals surface area contributed by atoms with Gasteiger partial charge in [0.25, 0.3) is 5.91 Å². The highest BCUT2D eigenvalue weighted by Gasteiger charge is 2.09. The molecule has 2 N–H and O–H groups in total. The van der Waals surface area contributed by atoms with Crippen molar-refractivity contribution in [3.63, 3.8) is 0 Å². The second-order valence-corrected chi connectivity index (χ2v) is 5.31. The number of nitrogens with one attached hydrogen (secondary N) is 2. The number of carbonyl (C=O) groups is 1. The molecule has 0 aliphatic heterocycles. The van der Waals surface area contributed by atoms with Gasteiger partial charge in [-0.1, -0.05) is 21.1 Å². The van der Waals surface area contributed by atoms with Crippen molar-refractivity contribution in [2.75, 3.05) is 6.54 Å². The minimum absolute atomic E-state index is 0.222. The lowest BCUT2D eigenvalue weighted by molar-refractivity contribution is 0.0945. The molecule has 3 rings (SSSR count). The first-order valence-corrected chi connectivity index (χ1v) is 6.97. The van der Waals surface area contributed by atoms with Crippen LogP contribution in [0.1, 0.15) is 16.1 Å². The van der Waals surface area contributed by atoms with Gasteiger partial charge in [0.15, 0.2) is 5.69 Å². The van der Waals surface area contributed by atoms with Crippen LogP contribution in [-0.2, 0) is 6.42 Å². The van der Waals surface area contributed by atoms with Crippen LogP contribution in [0, 0.1) is 0 Å². The largest absolute Gasteiger partial charge is 0.364 e. The maximum atomic E-state index is 11.7. The second-order valence-electron chi connectivity index (χ2n) is 4.39. The zero-order valence-corrected chi connectivity index (χ0v) is 12.1. The summed E-state index contributed by atoms with van der Waals surface area (Å²) in [6, 6.07) is 7.63. The van der Waals surface area contributed by atoms with Crippen LogP contribution in [0.25, 0.3) is 10.9 Å². The van der Waals surface area contributed by atoms with Crippen molar-refractivity contribution in [3.8, 4) is 0 Å². The molecule has 0 saturated heterocycles. The number of hydrogen-bond acceptors (Lipinski definition) is 3. The van der Waals surface area contributed by atoms with Gasteiger partial charge in [0, 0.05) is 34.2 Å². The normalized spacial score (nSPS) is 10.8. The zero-order chi connectivity index (χ0) is 13.9. The molecule has 3 aromatic rings. The summed E-state index contributed by atoms with van der Waals surface area (Å²) in [5.74, 6) is -0.222. The van der Waals surface area contributed by atoms with E-state index >= 15 is 0 Å². The van der Waals surface area contributed by atoms with Crippen LogP contribution in [0.4, 0.5) is 0 Å². The highest BCUT2D eigenvalue weighted by atomic mass is 79.9. The molecule has 0 unspecified atom stereocenters. The fourth-order valence-corrected chi connectivity index (χ4v) is 2.45. The Bertz CT molecular complexity index is 734. The standard InChI is InChI=1S/C14H12BrN3O2/c15-10-1-2-12-11(7-10)9(8-17-12)3-5-16-14(19)13-4-6-20-18-13/h1-2,4,6-8,17H,3,5H2,(H,16,19). The Balaban J connectivity index is 1.65. The molecule has 1 amide bonds. The monoisotopic (exact) mass is 333 g/mol. The van der Waals surface area contributed by atoms with Crippen molar-refractivity contribution < 1.29 is 9.32 Å². The number of aromatic nitrogens is 2. The number of benzene rings is 1. The molecule has 0 radical (unpaired) electrons. The van der Waals surface area contributed by atoms with E-state index in [-0.39, 0.29) is 5.91 Å². The third kappa shape index (κ3) is 2.60. The SMILES string of the molecule is O=C(NCCc1c[nH]c2ccc(Br)cc12)c1ccon1. The summed E-state index contributed by atoms with van der Waals surface area (Å²) < 4.78 is 5.68. The average molecular weight is 334 g/mol. The number of nitrogens with zero attached hydrogens (tertiary/aromatic N) is 1. The van der Waals surface area contributed by atoms with Crippen LogP contribution < -0.4 is 5.32 Å². The van der Waals surface area contributed by atoms with Crippen molar-refractivity contribution in [1.29, 1.82) is 0 Å². The van der Waals surface area contributed by atoms with Gasteiger partial charge in [-0.15, -0.1) is 0 Å². The fraction of sp³-hybridized carbons (Fsp3) is 0.143. The third-order valence-electron chi connectivity index (χ3n) is 3.08. The lowest BCUT2D eigenvalue weighted by Crippen LogP contribution is -2.25. The second kappa shape index (κ2) is 5.50. The number of hydrogen-bond donors (Lipinski definition) is 2. The van der Waals surface area contributed by atoms with E-state index in [2.05, 4.69) is 42.0 Å². The Morgan fingerprint density at radius 2 is 2.30 bits per heavy atom. The molecule has 6 heteroatoms. The van der Waals surface area contributed by atoms with E-state index in [1.807, 2.05) is 18.3 Å². The molecule has 0 fully saturated rings. The van der Waals surface area contributed by atoms with Gasteiger partial charge in [-0.05, 0) is 30.2 Å². The van der Waals surface area contributed by atoms with Crippen molar-refractivity contribution >= 4 is 32.7 Å². The molecule has 0 saturated carbocycles. The number of fused-ring (bicyclic) bond motifs is 1. The maximum absolute atomic E-state index is 11.7. The van der Waals surface area contributed by atoms with Crippen LogP contribution in [0.5, 0.6) is 0 Å². The van der Waals surface area contributed by atoms with Crippen LogP contribution in [0.15, 0.2) is 45.7 Å². The minimum Gasteiger partial charge on any atom is -0.364 e. The molecule has 102 valence electrons. The van der Waals surface area contributed by atoms with Gasteiger partial charge in [0.05, 0.1) is 0 Å². The summed E-state index contributed by atoms with van der Waals surface area (Å²) in [7, 11) is 0. The van der Waals surface area contributed by atoms with E-state index in [1.54, 1.807) is 0 Å². The van der Waals surface area contributed by atoms with Gasteiger partial charge >= 0.3 is 0 Å². The average Bonchev–Trinajstić information content (AvgIpc) is 3.08. The summed E-state index contributed by atoms with van der Waals surface area (Å²) in [5, 5.41) is 7.57. The number of amides is 1. The van der Waals surface area contributed by atoms with Gasteiger partial charge in [-0.2, -0.15) is 0 Å². The molecule has 0 spiro atoms. The molecular formula is C14H12BrN3O2. The smallest absolute Gasteiger partial charge is 0.273 e. The summed E-state index contributed by atoms with van der Waals surface area (Å²) in [6.07, 6.45) is 4.10. The molecule has 2 aromatic heterocycles. The van der Waals surface area contributed by atoms with Crippen LogP contribution in [0.3, 0.4) is 0 Å². The number of halogens is 1. The van der Waals surface area contributed by atoms with Crippen molar-refractivity contribution in [1.82, 2.24) is 15.5 Å². The first kappa shape index (κ1) is 12.9. The zero-order valence-electron chi connectivity index (χ0n) is 10.5. The highest BCUT2D eigenvalue weighted by Crippen LogP contribution is 2.22. The van der Waals surface area contributed by atoms with E-state index in [1.165, 1.54) is 17.9 Å². The first-order valence-electron chi connectivity index (χ1n) is 6.18. The molecule has 20 heavy (non-hydrogen) atoms. The summed E-state index contributed by atoms with van der Waals surface area (Å²) in [4.78, 5) is 14.9. The number of aromatic amines is 1. The van der Waals surface area contributed by atoms with Gasteiger partial charge in [-0.25, -0.2) is 0 Å². The molecule has 5 nitrogen and oxygen atoms in total. The fourth-order valence-electron chi connectivity index (χ4n) is 2.09. The van der Waals surface area contributed by atoms with Gasteiger partial charge < -0.3 is 14.8 Å². The summed E-state index contributed by atoms with van der Waals surface area (Å²) in [5.41, 5.74) is 2.56. The van der Waals surface area contributed by atoms with Gasteiger partial charge in [-0.3, -0.25) is 4.79 Å². The molecule has 0 atom stereocenters. The van der Waals surface area contributed by atoms with E-state index in [9.17, 15) is 4.79 Å². The lowest BCUT2D eigenvalue weighted by Gasteiger charge is -2.02. The lowest BCUT2D eigenvalue weighted by atomic mass is 10.1. The van der Waals surface area contributed by atoms with Crippen LogP contribution in [0.2, 0.25) is 0 Å². The Morgan fingerprint density at radius 1 is 1.40 bits per heavy atom. The van der Waals surface area contributed by atoms with Crippen molar-refractivity contribution in [2.24, 2.45) is 0 Å². The number of H-pyrrole nitrogens is 1. The number of rotatable bonds is 4. The summed E-state index contributed by atoms with van der Waals surface area (Å²) in [6.45, 7) is 0.547. The highest BCUT2D eigenvalue weighted by molar-refractivity contribution is 9.10. The summed E-state index contributed by atoms with van der Waals surface area (Å²) >= 11 is 3.47. The van der Waals surface area contributed by atoms with Gasteiger partial charge in [0.2, 0.25) is 0 Å². The Kier molecular flexibility index (Phi) is 3.56. The molecular weight excluding hydrogens is 322 g/mol. The maximum Gasteiger partial charge on any atom is 0.273 e. The molecule has 2 heterocycles. The third-order valence-corrected chi connectivity index (χ3v) is 3.57. The quantitative estimate of drug-likeness (QED) is 0.771. The van der Waals surface area contributed by atoms with E-state index in [0.717, 1.165) is 21.8 Å². The molecule has 0 aliphatic carbocycles. The Morgan fingerprint density at radius 3 is 3.10 bits per heavy atom. The molecule has 0 aliphatic rings. The molecule has 1 aromatic carbocycles. The topological polar surface area (TPSA) is 70.9 Å². The van der Waals surface area contributed by atoms with Crippen molar-refractivity contribution in [2.45, 2.75) is 6.42 Å². The first-order chi connectivity index (χ1) is 9.74. The van der Waals surface area contributed by atoms with E-state index in [0.29, 0.717) is 12.2 Å².